The largest absolute Gasteiger partial charge is 0.497 e. The van der Waals surface area contributed by atoms with Crippen LogP contribution < -0.4 is 10.1 Å². The van der Waals surface area contributed by atoms with E-state index >= 15 is 0 Å². The van der Waals surface area contributed by atoms with Crippen molar-refractivity contribution in [3.05, 3.63) is 30.5 Å². The van der Waals surface area contributed by atoms with Gasteiger partial charge in [0.05, 0.1) is 12.8 Å². The first-order valence-corrected chi connectivity index (χ1v) is 4.70. The molecule has 0 amide bonds. The SMILES string of the molecule is CNc1ccc(OC)cc1-c1ccn[nH]1. The Morgan fingerprint density at radius 3 is 2.80 bits per heavy atom. The van der Waals surface area contributed by atoms with Crippen molar-refractivity contribution in [1.29, 1.82) is 0 Å². The van der Waals surface area contributed by atoms with E-state index in [2.05, 4.69) is 15.5 Å². The number of aromatic amines is 1. The minimum absolute atomic E-state index is 0.832. The highest BCUT2D eigenvalue weighted by molar-refractivity contribution is 5.76. The van der Waals surface area contributed by atoms with E-state index in [1.54, 1.807) is 13.3 Å². The van der Waals surface area contributed by atoms with Crippen molar-refractivity contribution in [2.75, 3.05) is 19.5 Å². The van der Waals surface area contributed by atoms with Gasteiger partial charge in [-0.25, -0.2) is 0 Å². The highest BCUT2D eigenvalue weighted by atomic mass is 16.5. The van der Waals surface area contributed by atoms with Crippen LogP contribution in [0.5, 0.6) is 5.75 Å². The van der Waals surface area contributed by atoms with Crippen LogP contribution in [-0.4, -0.2) is 24.4 Å². The Balaban J connectivity index is 2.52. The van der Waals surface area contributed by atoms with E-state index in [0.29, 0.717) is 0 Å². The Hall–Kier alpha value is -1.97. The van der Waals surface area contributed by atoms with Gasteiger partial charge in [-0.2, -0.15) is 5.10 Å². The fourth-order valence-corrected chi connectivity index (χ4v) is 1.50. The van der Waals surface area contributed by atoms with E-state index in [0.717, 1.165) is 22.7 Å². The molecule has 1 heterocycles. The van der Waals surface area contributed by atoms with Crippen LogP contribution in [0.1, 0.15) is 0 Å². The van der Waals surface area contributed by atoms with Gasteiger partial charge in [-0.1, -0.05) is 0 Å². The summed E-state index contributed by atoms with van der Waals surface area (Å²) in [4.78, 5) is 0. The molecular formula is C11H13N3O. The molecule has 0 saturated carbocycles. The van der Waals surface area contributed by atoms with Crippen molar-refractivity contribution >= 4 is 5.69 Å². The second-order valence-corrected chi connectivity index (χ2v) is 3.13. The molecule has 2 rings (SSSR count). The number of anilines is 1. The molecule has 0 saturated heterocycles. The summed E-state index contributed by atoms with van der Waals surface area (Å²) in [6.07, 6.45) is 1.73. The second-order valence-electron chi connectivity index (χ2n) is 3.13. The van der Waals surface area contributed by atoms with Gasteiger partial charge in [0.15, 0.2) is 0 Å². The molecule has 0 fully saturated rings. The van der Waals surface area contributed by atoms with Crippen LogP contribution in [0.3, 0.4) is 0 Å². The maximum absolute atomic E-state index is 5.19. The molecule has 2 aromatic rings. The zero-order valence-electron chi connectivity index (χ0n) is 8.74. The van der Waals surface area contributed by atoms with Gasteiger partial charge < -0.3 is 10.1 Å². The lowest BCUT2D eigenvalue weighted by molar-refractivity contribution is 0.415. The predicted octanol–water partition coefficient (Wildman–Crippen LogP) is 2.13. The van der Waals surface area contributed by atoms with Gasteiger partial charge in [-0.3, -0.25) is 5.10 Å². The monoisotopic (exact) mass is 203 g/mol. The third kappa shape index (κ3) is 1.79. The van der Waals surface area contributed by atoms with E-state index < -0.39 is 0 Å². The summed E-state index contributed by atoms with van der Waals surface area (Å²) in [5.41, 5.74) is 3.06. The molecule has 0 aliphatic rings. The average molecular weight is 203 g/mol. The summed E-state index contributed by atoms with van der Waals surface area (Å²) >= 11 is 0. The van der Waals surface area contributed by atoms with Crippen LogP contribution in [0, 0.1) is 0 Å². The normalized spacial score (nSPS) is 10.0. The quantitative estimate of drug-likeness (QED) is 0.803. The molecule has 0 radical (unpaired) electrons. The molecular weight excluding hydrogens is 190 g/mol. The Kier molecular flexibility index (Phi) is 2.58. The predicted molar refractivity (Wildman–Crippen MR) is 60.1 cm³/mol. The maximum atomic E-state index is 5.19. The van der Waals surface area contributed by atoms with Crippen LogP contribution in [0.4, 0.5) is 5.69 Å². The van der Waals surface area contributed by atoms with Crippen LogP contribution in [0.2, 0.25) is 0 Å². The third-order valence-electron chi connectivity index (χ3n) is 2.29. The molecule has 4 heteroatoms. The lowest BCUT2D eigenvalue weighted by Gasteiger charge is -2.09. The van der Waals surface area contributed by atoms with Gasteiger partial charge in [0.1, 0.15) is 5.75 Å². The first kappa shape index (κ1) is 9.58. The smallest absolute Gasteiger partial charge is 0.119 e. The first-order chi connectivity index (χ1) is 7.35. The van der Waals surface area contributed by atoms with Crippen molar-refractivity contribution in [2.45, 2.75) is 0 Å². The van der Waals surface area contributed by atoms with E-state index in [4.69, 9.17) is 4.74 Å². The van der Waals surface area contributed by atoms with E-state index in [1.807, 2.05) is 31.3 Å². The van der Waals surface area contributed by atoms with E-state index in [9.17, 15) is 0 Å². The fourth-order valence-electron chi connectivity index (χ4n) is 1.50. The summed E-state index contributed by atoms with van der Waals surface area (Å²) in [7, 11) is 3.55. The van der Waals surface area contributed by atoms with Crippen LogP contribution in [0.25, 0.3) is 11.3 Å². The van der Waals surface area contributed by atoms with Gasteiger partial charge in [0, 0.05) is 24.5 Å². The van der Waals surface area contributed by atoms with Crippen LogP contribution >= 0.6 is 0 Å². The lowest BCUT2D eigenvalue weighted by atomic mass is 10.1. The van der Waals surface area contributed by atoms with E-state index in [-0.39, 0.29) is 0 Å². The molecule has 2 N–H and O–H groups in total. The summed E-state index contributed by atoms with van der Waals surface area (Å²) in [6, 6.07) is 7.80. The van der Waals surface area contributed by atoms with Gasteiger partial charge in [0.25, 0.3) is 0 Å². The van der Waals surface area contributed by atoms with Gasteiger partial charge >= 0.3 is 0 Å². The summed E-state index contributed by atoms with van der Waals surface area (Å²) in [6.45, 7) is 0. The van der Waals surface area contributed by atoms with Gasteiger partial charge in [-0.15, -0.1) is 0 Å². The summed E-state index contributed by atoms with van der Waals surface area (Å²) in [5.74, 6) is 0.832. The fraction of sp³-hybridized carbons (Fsp3) is 0.182. The number of H-pyrrole nitrogens is 1. The van der Waals surface area contributed by atoms with Crippen molar-refractivity contribution in [1.82, 2.24) is 10.2 Å². The van der Waals surface area contributed by atoms with Crippen LogP contribution in [-0.2, 0) is 0 Å². The number of hydrogen-bond donors (Lipinski definition) is 2. The second kappa shape index (κ2) is 4.04. The number of benzene rings is 1. The van der Waals surface area contributed by atoms with Crippen LogP contribution in [0.15, 0.2) is 30.5 Å². The zero-order chi connectivity index (χ0) is 10.7. The number of aromatic nitrogens is 2. The molecule has 0 unspecified atom stereocenters. The molecule has 1 aromatic heterocycles. The molecule has 0 aliphatic carbocycles. The summed E-state index contributed by atoms with van der Waals surface area (Å²) in [5, 5.41) is 10.0. The van der Waals surface area contributed by atoms with Gasteiger partial charge in [-0.05, 0) is 24.3 Å². The number of methoxy groups -OCH3 is 1. The minimum Gasteiger partial charge on any atom is -0.497 e. The standard InChI is InChI=1S/C11H13N3O/c1-12-10-4-3-8(15-2)7-9(10)11-5-6-13-14-11/h3-7,12H,1-2H3,(H,13,14). The number of hydrogen-bond acceptors (Lipinski definition) is 3. The number of nitrogens with zero attached hydrogens (tertiary/aromatic N) is 1. The van der Waals surface area contributed by atoms with Crippen molar-refractivity contribution in [3.8, 4) is 17.0 Å². The molecule has 0 aliphatic heterocycles. The molecule has 1 aromatic carbocycles. The number of rotatable bonds is 3. The van der Waals surface area contributed by atoms with Crippen molar-refractivity contribution in [2.24, 2.45) is 0 Å². The zero-order valence-corrected chi connectivity index (χ0v) is 8.74. The highest BCUT2D eigenvalue weighted by Crippen LogP contribution is 2.29. The topological polar surface area (TPSA) is 49.9 Å². The molecule has 15 heavy (non-hydrogen) atoms. The minimum atomic E-state index is 0.832. The number of nitrogens with one attached hydrogen (secondary N) is 2. The average Bonchev–Trinajstić information content (AvgIpc) is 2.81. The van der Waals surface area contributed by atoms with Crippen molar-refractivity contribution in [3.63, 3.8) is 0 Å². The third-order valence-corrected chi connectivity index (χ3v) is 2.29. The first-order valence-electron chi connectivity index (χ1n) is 4.70. The molecule has 78 valence electrons. The Labute approximate surface area is 88.3 Å². The van der Waals surface area contributed by atoms with E-state index in [1.165, 1.54) is 0 Å². The molecule has 4 nitrogen and oxygen atoms in total. The Morgan fingerprint density at radius 2 is 2.20 bits per heavy atom. The van der Waals surface area contributed by atoms with Gasteiger partial charge in [0.2, 0.25) is 0 Å². The van der Waals surface area contributed by atoms with Crippen molar-refractivity contribution < 1.29 is 4.74 Å². The highest BCUT2D eigenvalue weighted by Gasteiger charge is 2.06. The number of ether oxygens (including phenoxy) is 1. The Morgan fingerprint density at radius 1 is 1.33 bits per heavy atom. The Bertz CT molecular complexity index is 437. The molecule has 0 bridgehead atoms. The molecule has 0 spiro atoms. The molecule has 0 atom stereocenters. The lowest BCUT2D eigenvalue weighted by Crippen LogP contribution is -1.93. The summed E-state index contributed by atoms with van der Waals surface area (Å²) < 4.78 is 5.19. The maximum Gasteiger partial charge on any atom is 0.119 e.